The summed E-state index contributed by atoms with van der Waals surface area (Å²) in [6.45, 7) is 2.95. The highest BCUT2D eigenvalue weighted by Gasteiger charge is 2.42. The molecule has 2 aromatic carbocycles. The molecule has 1 N–H and O–H groups in total. The molecule has 5 amide bonds. The van der Waals surface area contributed by atoms with E-state index in [4.69, 9.17) is 4.74 Å². The van der Waals surface area contributed by atoms with Crippen molar-refractivity contribution in [1.29, 1.82) is 0 Å². The number of hydrogen-bond acceptors (Lipinski definition) is 8. The van der Waals surface area contributed by atoms with E-state index in [0.29, 0.717) is 54.2 Å². The number of fused-ring (bicyclic) bond motifs is 2. The van der Waals surface area contributed by atoms with Crippen LogP contribution in [0, 0.1) is 5.92 Å². The largest absolute Gasteiger partial charge is 0.488 e. The van der Waals surface area contributed by atoms with Crippen LogP contribution >= 0.6 is 11.3 Å². The van der Waals surface area contributed by atoms with Crippen molar-refractivity contribution in [2.45, 2.75) is 38.3 Å². The molecule has 1 fully saturated rings. The van der Waals surface area contributed by atoms with E-state index in [-0.39, 0.29) is 36.8 Å². The van der Waals surface area contributed by atoms with Crippen molar-refractivity contribution in [1.82, 2.24) is 25.0 Å². The highest BCUT2D eigenvalue weighted by atomic mass is 32.1. The van der Waals surface area contributed by atoms with Gasteiger partial charge in [0.05, 0.1) is 42.0 Å². The molecule has 3 atom stereocenters. The Kier molecular flexibility index (Phi) is 8.17. The Balaban J connectivity index is 1.31. The lowest BCUT2D eigenvalue weighted by Crippen LogP contribution is -2.48. The molecule has 44 heavy (non-hydrogen) atoms. The third-order valence-electron chi connectivity index (χ3n) is 8.57. The summed E-state index contributed by atoms with van der Waals surface area (Å²) in [7, 11) is 1.53. The standard InChI is InChI=1S/C32H33N5O6S/c1-19(14-27(38)33-2)29(39)36-13-10-20-6-5-9-25(43-21-11-12-35(16-21)32(42)26-15-34-18-44-26)28(20)24(36)17-37-30(40)22-7-3-4-8-23(22)31(37)41/h3-9,15,18-19,21,24H,10-14,16-17H2,1-2H3,(H,33,38)/t19?,21-,24+/m0/s1. The predicted octanol–water partition coefficient (Wildman–Crippen LogP) is 2.93. The maximum Gasteiger partial charge on any atom is 0.265 e. The Hall–Kier alpha value is -4.58. The Morgan fingerprint density at radius 3 is 2.50 bits per heavy atom. The van der Waals surface area contributed by atoms with Gasteiger partial charge in [-0.15, -0.1) is 11.3 Å². The number of amides is 5. The molecular formula is C32H33N5O6S. The SMILES string of the molecule is CNC(=O)CC(C)C(=O)N1CCc2cccc(O[C@H]3CCN(C(=O)c4cncs4)C3)c2[C@H]1CN1C(=O)c2ccccc2C1=O. The number of benzene rings is 2. The molecule has 1 aromatic heterocycles. The van der Waals surface area contributed by atoms with Crippen molar-refractivity contribution in [3.8, 4) is 5.75 Å². The molecule has 228 valence electrons. The van der Waals surface area contributed by atoms with Gasteiger partial charge in [-0.3, -0.25) is 33.9 Å². The summed E-state index contributed by atoms with van der Waals surface area (Å²) in [5, 5.41) is 2.57. The molecule has 0 radical (unpaired) electrons. The number of carbonyl (C=O) groups is 5. The number of nitrogens with one attached hydrogen (secondary N) is 1. The van der Waals surface area contributed by atoms with Crippen LogP contribution in [0.4, 0.5) is 0 Å². The van der Waals surface area contributed by atoms with Crippen LogP contribution in [0.2, 0.25) is 0 Å². The van der Waals surface area contributed by atoms with E-state index in [1.54, 1.807) is 52.7 Å². The number of nitrogens with zero attached hydrogens (tertiary/aromatic N) is 4. The molecule has 11 nitrogen and oxygen atoms in total. The van der Waals surface area contributed by atoms with Gasteiger partial charge in [-0.25, -0.2) is 0 Å². The van der Waals surface area contributed by atoms with Crippen LogP contribution in [0.15, 0.2) is 54.2 Å². The summed E-state index contributed by atoms with van der Waals surface area (Å²) in [4.78, 5) is 75.0. The number of hydrogen-bond donors (Lipinski definition) is 1. The zero-order valence-corrected chi connectivity index (χ0v) is 25.3. The van der Waals surface area contributed by atoms with Crippen LogP contribution < -0.4 is 10.1 Å². The summed E-state index contributed by atoms with van der Waals surface area (Å²) in [6.07, 6.45) is 2.47. The Bertz CT molecular complexity index is 1590. The third-order valence-corrected chi connectivity index (χ3v) is 9.33. The quantitative estimate of drug-likeness (QED) is 0.386. The van der Waals surface area contributed by atoms with Crippen LogP contribution in [-0.4, -0.2) is 88.6 Å². The summed E-state index contributed by atoms with van der Waals surface area (Å²) in [5.74, 6) is -1.45. The Morgan fingerprint density at radius 1 is 1.07 bits per heavy atom. The van der Waals surface area contributed by atoms with E-state index in [0.717, 1.165) is 11.1 Å². The molecule has 1 unspecified atom stereocenters. The second-order valence-electron chi connectivity index (χ2n) is 11.3. The molecule has 4 heterocycles. The lowest BCUT2D eigenvalue weighted by molar-refractivity contribution is -0.140. The Morgan fingerprint density at radius 2 is 1.82 bits per heavy atom. The zero-order chi connectivity index (χ0) is 31.0. The van der Waals surface area contributed by atoms with Crippen molar-refractivity contribution in [2.75, 3.05) is 33.2 Å². The normalized spacial score (nSPS) is 19.9. The Labute approximate surface area is 258 Å². The molecule has 3 aliphatic rings. The number of likely N-dealkylation sites (tertiary alicyclic amines) is 1. The van der Waals surface area contributed by atoms with Gasteiger partial charge in [0.2, 0.25) is 11.8 Å². The van der Waals surface area contributed by atoms with Crippen molar-refractivity contribution < 1.29 is 28.7 Å². The summed E-state index contributed by atoms with van der Waals surface area (Å²) in [6, 6.07) is 11.7. The monoisotopic (exact) mass is 615 g/mol. The molecule has 0 bridgehead atoms. The van der Waals surface area contributed by atoms with E-state index >= 15 is 0 Å². The van der Waals surface area contributed by atoms with Gasteiger partial charge < -0.3 is 19.9 Å². The molecule has 3 aliphatic heterocycles. The average molecular weight is 616 g/mol. The van der Waals surface area contributed by atoms with Gasteiger partial charge in [0.25, 0.3) is 17.7 Å². The van der Waals surface area contributed by atoms with Crippen molar-refractivity contribution in [3.05, 3.63) is 81.3 Å². The molecule has 12 heteroatoms. The van der Waals surface area contributed by atoms with Crippen LogP contribution in [0.25, 0.3) is 0 Å². The van der Waals surface area contributed by atoms with E-state index in [1.165, 1.54) is 23.3 Å². The van der Waals surface area contributed by atoms with E-state index in [1.807, 2.05) is 18.2 Å². The highest BCUT2D eigenvalue weighted by Crippen LogP contribution is 2.40. The van der Waals surface area contributed by atoms with Gasteiger partial charge in [-0.1, -0.05) is 31.2 Å². The first-order valence-electron chi connectivity index (χ1n) is 14.7. The second kappa shape index (κ2) is 12.2. The minimum Gasteiger partial charge on any atom is -0.488 e. The molecule has 0 aliphatic carbocycles. The number of thiazole rings is 1. The minimum atomic E-state index is -0.687. The van der Waals surface area contributed by atoms with Crippen molar-refractivity contribution >= 4 is 40.9 Å². The van der Waals surface area contributed by atoms with Gasteiger partial charge >= 0.3 is 0 Å². The number of aromatic nitrogens is 1. The first kappa shape index (κ1) is 29.5. The molecule has 0 saturated carbocycles. The van der Waals surface area contributed by atoms with Crippen LogP contribution in [0.1, 0.15) is 67.3 Å². The zero-order valence-electron chi connectivity index (χ0n) is 24.5. The van der Waals surface area contributed by atoms with Crippen molar-refractivity contribution in [3.63, 3.8) is 0 Å². The third kappa shape index (κ3) is 5.45. The van der Waals surface area contributed by atoms with Gasteiger partial charge in [-0.2, -0.15) is 0 Å². The van der Waals surface area contributed by atoms with Gasteiger partial charge in [-0.05, 0) is 30.2 Å². The van der Waals surface area contributed by atoms with Crippen LogP contribution in [-0.2, 0) is 16.0 Å². The predicted molar refractivity (Wildman–Crippen MR) is 161 cm³/mol. The number of carbonyl (C=O) groups excluding carboxylic acids is 5. The first-order valence-corrected chi connectivity index (χ1v) is 15.6. The summed E-state index contributed by atoms with van der Waals surface area (Å²) < 4.78 is 6.56. The molecule has 6 rings (SSSR count). The lowest BCUT2D eigenvalue weighted by atomic mass is 9.89. The number of imide groups is 1. The first-order chi connectivity index (χ1) is 21.3. The number of rotatable bonds is 8. The second-order valence-corrected chi connectivity index (χ2v) is 12.2. The van der Waals surface area contributed by atoms with Gasteiger partial charge in [0.15, 0.2) is 0 Å². The van der Waals surface area contributed by atoms with E-state index in [9.17, 15) is 24.0 Å². The fourth-order valence-electron chi connectivity index (χ4n) is 6.29. The highest BCUT2D eigenvalue weighted by molar-refractivity contribution is 7.11. The smallest absolute Gasteiger partial charge is 0.265 e. The molecule has 3 aromatic rings. The topological polar surface area (TPSA) is 129 Å². The maximum absolute atomic E-state index is 13.9. The fourth-order valence-corrected chi connectivity index (χ4v) is 6.88. The van der Waals surface area contributed by atoms with Crippen molar-refractivity contribution in [2.24, 2.45) is 5.92 Å². The average Bonchev–Trinajstić information content (AvgIpc) is 3.79. The lowest BCUT2D eigenvalue weighted by Gasteiger charge is -2.41. The van der Waals surface area contributed by atoms with Gasteiger partial charge in [0.1, 0.15) is 16.7 Å². The maximum atomic E-state index is 13.9. The van der Waals surface area contributed by atoms with Crippen LogP contribution in [0.3, 0.4) is 0 Å². The molecule has 1 saturated heterocycles. The number of ether oxygens (including phenoxy) is 1. The molecular weight excluding hydrogens is 582 g/mol. The fraction of sp³-hybridized carbons (Fsp3) is 0.375. The van der Waals surface area contributed by atoms with E-state index < -0.39 is 23.8 Å². The van der Waals surface area contributed by atoms with E-state index in [2.05, 4.69) is 10.3 Å². The minimum absolute atomic E-state index is 0.0161. The molecule has 0 spiro atoms. The van der Waals surface area contributed by atoms with Gasteiger partial charge in [0, 0.05) is 44.5 Å². The summed E-state index contributed by atoms with van der Waals surface area (Å²) in [5.41, 5.74) is 4.00. The summed E-state index contributed by atoms with van der Waals surface area (Å²) >= 11 is 1.30. The van der Waals surface area contributed by atoms with Crippen LogP contribution in [0.5, 0.6) is 5.75 Å².